The number of hydrogen-bond acceptors (Lipinski definition) is 4. The maximum absolute atomic E-state index is 12.8. The van der Waals surface area contributed by atoms with Crippen LogP contribution in [-0.4, -0.2) is 25.2 Å². The average molecular weight is 527 g/mol. The van der Waals surface area contributed by atoms with Gasteiger partial charge in [-0.2, -0.15) is 0 Å². The number of rotatable bonds is 6. The molecule has 2 aromatic rings. The highest BCUT2D eigenvalue weighted by atomic mass is 127. The lowest BCUT2D eigenvalue weighted by Crippen LogP contribution is -2.30. The topological polar surface area (TPSA) is 67.9 Å². The number of ether oxygens (including phenoxy) is 2. The van der Waals surface area contributed by atoms with E-state index in [1.165, 1.54) is 0 Å². The van der Waals surface area contributed by atoms with E-state index in [0.29, 0.717) is 27.8 Å². The van der Waals surface area contributed by atoms with Crippen LogP contribution < -0.4 is 19.7 Å². The number of nitrogens with one attached hydrogen (secondary N) is 1. The standard InChI is InChI=1S/C21H20ClIN2O4/c1-4-12(2)29-19-16(23)8-13(10-18(19)28-3)9-17-20(26)25(21(27)24-17)15-7-5-6-14(22)11-15/h5-12H,4H2,1-3H3,(H,24,27)/b17-9+. The fourth-order valence-corrected chi connectivity index (χ4v) is 3.71. The van der Waals surface area contributed by atoms with Gasteiger partial charge in [0.1, 0.15) is 5.70 Å². The van der Waals surface area contributed by atoms with Crippen molar-refractivity contribution in [3.05, 3.63) is 56.3 Å². The van der Waals surface area contributed by atoms with E-state index in [1.807, 2.05) is 19.9 Å². The number of nitrogens with zero attached hydrogens (tertiary/aromatic N) is 1. The lowest BCUT2D eigenvalue weighted by Gasteiger charge is -2.17. The molecule has 152 valence electrons. The molecule has 1 heterocycles. The molecule has 3 rings (SSSR count). The zero-order valence-corrected chi connectivity index (χ0v) is 19.1. The predicted octanol–water partition coefficient (Wildman–Crippen LogP) is 5.23. The third kappa shape index (κ3) is 4.67. The molecule has 0 bridgehead atoms. The third-order valence-corrected chi connectivity index (χ3v) is 5.44. The van der Waals surface area contributed by atoms with Crippen LogP contribution in [0.3, 0.4) is 0 Å². The van der Waals surface area contributed by atoms with E-state index in [4.69, 9.17) is 21.1 Å². The molecular weight excluding hydrogens is 507 g/mol. The molecule has 1 atom stereocenters. The second kappa shape index (κ2) is 9.04. The molecule has 1 N–H and O–H groups in total. The van der Waals surface area contributed by atoms with Gasteiger partial charge in [-0.15, -0.1) is 0 Å². The van der Waals surface area contributed by atoms with Crippen LogP contribution in [0, 0.1) is 3.57 Å². The van der Waals surface area contributed by atoms with Crippen molar-refractivity contribution < 1.29 is 19.1 Å². The number of methoxy groups -OCH3 is 1. The molecule has 29 heavy (non-hydrogen) atoms. The van der Waals surface area contributed by atoms with Crippen molar-refractivity contribution >= 4 is 57.9 Å². The van der Waals surface area contributed by atoms with Crippen LogP contribution in [0.2, 0.25) is 5.02 Å². The third-order valence-electron chi connectivity index (χ3n) is 4.40. The minimum absolute atomic E-state index is 0.0450. The predicted molar refractivity (Wildman–Crippen MR) is 122 cm³/mol. The molecule has 0 saturated carbocycles. The maximum Gasteiger partial charge on any atom is 0.333 e. The van der Waals surface area contributed by atoms with Crippen LogP contribution >= 0.6 is 34.2 Å². The average Bonchev–Trinajstić information content (AvgIpc) is 2.96. The number of benzene rings is 2. The summed E-state index contributed by atoms with van der Waals surface area (Å²) in [5, 5.41) is 3.06. The highest BCUT2D eigenvalue weighted by Crippen LogP contribution is 2.36. The Morgan fingerprint density at radius 1 is 1.28 bits per heavy atom. The summed E-state index contributed by atoms with van der Waals surface area (Å²) < 4.78 is 12.3. The van der Waals surface area contributed by atoms with Gasteiger partial charge in [0.2, 0.25) is 0 Å². The van der Waals surface area contributed by atoms with Gasteiger partial charge < -0.3 is 14.8 Å². The Kier molecular flexibility index (Phi) is 6.69. The minimum atomic E-state index is -0.526. The van der Waals surface area contributed by atoms with Crippen molar-refractivity contribution in [3.8, 4) is 11.5 Å². The lowest BCUT2D eigenvalue weighted by molar-refractivity contribution is -0.113. The van der Waals surface area contributed by atoms with Gasteiger partial charge in [-0.1, -0.05) is 24.6 Å². The number of carbonyl (C=O) groups excluding carboxylic acids is 2. The molecular formula is C21H20ClIN2O4. The van der Waals surface area contributed by atoms with Gasteiger partial charge in [0.05, 0.1) is 22.5 Å². The number of amides is 3. The summed E-state index contributed by atoms with van der Waals surface area (Å²) in [4.78, 5) is 26.2. The van der Waals surface area contributed by atoms with Gasteiger partial charge in [-0.3, -0.25) is 4.79 Å². The van der Waals surface area contributed by atoms with Crippen LogP contribution in [0.5, 0.6) is 11.5 Å². The van der Waals surface area contributed by atoms with Gasteiger partial charge >= 0.3 is 6.03 Å². The smallest absolute Gasteiger partial charge is 0.333 e. The normalized spacial score (nSPS) is 16.2. The quantitative estimate of drug-likeness (QED) is 0.318. The van der Waals surface area contributed by atoms with E-state index < -0.39 is 11.9 Å². The molecule has 1 saturated heterocycles. The van der Waals surface area contributed by atoms with E-state index in [9.17, 15) is 9.59 Å². The van der Waals surface area contributed by atoms with Gasteiger partial charge in [-0.05, 0) is 77.9 Å². The first-order valence-corrected chi connectivity index (χ1v) is 10.5. The number of carbonyl (C=O) groups is 2. The Balaban J connectivity index is 1.93. The monoisotopic (exact) mass is 526 g/mol. The molecule has 1 aliphatic heterocycles. The molecule has 1 fully saturated rings. The Morgan fingerprint density at radius 2 is 2.03 bits per heavy atom. The van der Waals surface area contributed by atoms with Crippen LogP contribution in [0.15, 0.2) is 42.1 Å². The summed E-state index contributed by atoms with van der Waals surface area (Å²) in [6.07, 6.45) is 2.52. The molecule has 1 aliphatic rings. The van der Waals surface area contributed by atoms with Crippen LogP contribution in [0.1, 0.15) is 25.8 Å². The Hall–Kier alpha value is -2.26. The van der Waals surface area contributed by atoms with Gasteiger partial charge in [-0.25, -0.2) is 9.69 Å². The van der Waals surface area contributed by atoms with E-state index in [1.54, 1.807) is 43.5 Å². The zero-order valence-electron chi connectivity index (χ0n) is 16.2. The Labute approximate surface area is 188 Å². The molecule has 3 amide bonds. The fraction of sp³-hybridized carbons (Fsp3) is 0.238. The van der Waals surface area contributed by atoms with Gasteiger partial charge in [0, 0.05) is 5.02 Å². The van der Waals surface area contributed by atoms with Crippen molar-refractivity contribution in [2.75, 3.05) is 12.0 Å². The first kappa shape index (κ1) is 21.4. The largest absolute Gasteiger partial charge is 0.493 e. The Bertz CT molecular complexity index is 993. The highest BCUT2D eigenvalue weighted by molar-refractivity contribution is 14.1. The number of imide groups is 1. The summed E-state index contributed by atoms with van der Waals surface area (Å²) in [6, 6.07) is 9.69. The van der Waals surface area contributed by atoms with Crippen LogP contribution in [-0.2, 0) is 4.79 Å². The van der Waals surface area contributed by atoms with Crippen LogP contribution in [0.4, 0.5) is 10.5 Å². The number of hydrogen-bond donors (Lipinski definition) is 1. The van der Waals surface area contributed by atoms with E-state index in [2.05, 4.69) is 27.9 Å². The van der Waals surface area contributed by atoms with E-state index in [-0.39, 0.29) is 11.8 Å². The highest BCUT2D eigenvalue weighted by Gasteiger charge is 2.35. The van der Waals surface area contributed by atoms with Crippen LogP contribution in [0.25, 0.3) is 6.08 Å². The number of anilines is 1. The van der Waals surface area contributed by atoms with E-state index in [0.717, 1.165) is 14.9 Å². The zero-order chi connectivity index (χ0) is 21.1. The van der Waals surface area contributed by atoms with E-state index >= 15 is 0 Å². The molecule has 2 aromatic carbocycles. The summed E-state index contributed by atoms with van der Waals surface area (Å²) >= 11 is 8.15. The fourth-order valence-electron chi connectivity index (χ4n) is 2.77. The van der Waals surface area contributed by atoms with Gasteiger partial charge in [0.25, 0.3) is 5.91 Å². The molecule has 0 aliphatic carbocycles. The maximum atomic E-state index is 12.8. The van der Waals surface area contributed by atoms with Crippen molar-refractivity contribution in [3.63, 3.8) is 0 Å². The molecule has 8 heteroatoms. The number of urea groups is 1. The van der Waals surface area contributed by atoms with Crippen molar-refractivity contribution in [2.45, 2.75) is 26.4 Å². The molecule has 1 unspecified atom stereocenters. The number of halogens is 2. The first-order chi connectivity index (χ1) is 13.8. The Morgan fingerprint density at radius 3 is 2.69 bits per heavy atom. The first-order valence-electron chi connectivity index (χ1n) is 9.01. The summed E-state index contributed by atoms with van der Waals surface area (Å²) in [7, 11) is 1.56. The lowest BCUT2D eigenvalue weighted by atomic mass is 10.1. The summed E-state index contributed by atoms with van der Waals surface area (Å²) in [6.45, 7) is 4.03. The second-order valence-electron chi connectivity index (χ2n) is 6.48. The van der Waals surface area contributed by atoms with Crippen molar-refractivity contribution in [1.82, 2.24) is 5.32 Å². The molecule has 0 aromatic heterocycles. The molecule has 0 spiro atoms. The second-order valence-corrected chi connectivity index (χ2v) is 8.08. The van der Waals surface area contributed by atoms with Crippen molar-refractivity contribution in [2.24, 2.45) is 0 Å². The van der Waals surface area contributed by atoms with Gasteiger partial charge in [0.15, 0.2) is 11.5 Å². The summed E-state index contributed by atoms with van der Waals surface area (Å²) in [5.41, 5.74) is 1.29. The van der Waals surface area contributed by atoms with Crippen molar-refractivity contribution in [1.29, 1.82) is 0 Å². The SMILES string of the molecule is CCC(C)Oc1c(I)cc(/C=C2/NC(=O)N(c3cccc(Cl)c3)C2=O)cc1OC. The minimum Gasteiger partial charge on any atom is -0.493 e. The molecule has 0 radical (unpaired) electrons. The summed E-state index contributed by atoms with van der Waals surface area (Å²) in [5.74, 6) is 0.769. The molecule has 6 nitrogen and oxygen atoms in total.